The Morgan fingerprint density at radius 3 is 0.957 bits per heavy atom. The Morgan fingerprint density at radius 1 is 0.351 bits per heavy atom. The molecule has 0 saturated carbocycles. The van der Waals surface area contributed by atoms with Crippen LogP contribution in [0.3, 0.4) is 0 Å². The molecule has 0 aromatic rings. The predicted octanol–water partition coefficient (Wildman–Crippen LogP) is 21.5. The second kappa shape index (κ2) is 66.4. The molecule has 0 aromatic heterocycles. The molecule has 0 aromatic carbocycles. The lowest BCUT2D eigenvalue weighted by Gasteiger charge is -2.21. The van der Waals surface area contributed by atoms with Crippen LogP contribution in [0.4, 0.5) is 0 Å². The molecule has 0 aliphatic rings. The van der Waals surface area contributed by atoms with Gasteiger partial charge in [-0.15, -0.1) is 0 Å². The first-order chi connectivity index (χ1) is 45.4. The molecule has 6 atom stereocenters. The number of rotatable bonds is 72. The minimum absolute atomic E-state index is 0.100. The molecule has 0 bridgehead atoms. The van der Waals surface area contributed by atoms with Crippen LogP contribution in [-0.4, -0.2) is 96.7 Å². The van der Waals surface area contributed by atoms with E-state index in [0.717, 1.165) is 121 Å². The van der Waals surface area contributed by atoms with Crippen molar-refractivity contribution in [3.63, 3.8) is 0 Å². The molecule has 17 nitrogen and oxygen atoms in total. The molecule has 0 radical (unpaired) electrons. The van der Waals surface area contributed by atoms with Gasteiger partial charge in [-0.2, -0.15) is 0 Å². The number of aliphatic hydroxyl groups excluding tert-OH is 1. The average molecular weight is 1380 g/mol. The number of ether oxygens (including phenoxy) is 4. The highest BCUT2D eigenvalue weighted by molar-refractivity contribution is 7.47. The van der Waals surface area contributed by atoms with Gasteiger partial charge in [0.05, 0.1) is 26.4 Å². The summed E-state index contributed by atoms with van der Waals surface area (Å²) < 4.78 is 68.4. The maximum Gasteiger partial charge on any atom is 0.472 e. The van der Waals surface area contributed by atoms with Crippen molar-refractivity contribution in [3.05, 3.63) is 24.3 Å². The van der Waals surface area contributed by atoms with Crippen LogP contribution in [-0.2, 0) is 65.4 Å². The molecule has 94 heavy (non-hydrogen) atoms. The summed E-state index contributed by atoms with van der Waals surface area (Å²) in [5, 5.41) is 10.6. The Morgan fingerprint density at radius 2 is 0.628 bits per heavy atom. The van der Waals surface area contributed by atoms with Gasteiger partial charge in [-0.05, 0) is 63.2 Å². The van der Waals surface area contributed by atoms with Crippen molar-refractivity contribution in [2.45, 2.75) is 381 Å². The quantitative estimate of drug-likeness (QED) is 0.0169. The predicted molar refractivity (Wildman–Crippen MR) is 381 cm³/mol. The van der Waals surface area contributed by atoms with Crippen molar-refractivity contribution < 1.29 is 80.2 Å². The van der Waals surface area contributed by atoms with Crippen LogP contribution in [0.2, 0.25) is 0 Å². The van der Waals surface area contributed by atoms with Gasteiger partial charge in [-0.3, -0.25) is 37.3 Å². The lowest BCUT2D eigenvalue weighted by atomic mass is 9.99. The molecule has 3 N–H and O–H groups in total. The lowest BCUT2D eigenvalue weighted by Crippen LogP contribution is -2.30. The van der Waals surface area contributed by atoms with Crippen molar-refractivity contribution in [3.8, 4) is 0 Å². The van der Waals surface area contributed by atoms with Gasteiger partial charge in [0.1, 0.15) is 19.3 Å². The van der Waals surface area contributed by atoms with Crippen LogP contribution in [0.25, 0.3) is 0 Å². The topological polar surface area (TPSA) is 237 Å². The highest BCUT2D eigenvalue weighted by Crippen LogP contribution is 2.45. The first kappa shape index (κ1) is 91.5. The smallest absolute Gasteiger partial charge is 0.462 e. The van der Waals surface area contributed by atoms with Gasteiger partial charge in [0, 0.05) is 25.7 Å². The van der Waals surface area contributed by atoms with E-state index in [0.29, 0.717) is 25.7 Å². The Labute approximate surface area is 573 Å². The fraction of sp³-hybridized carbons (Fsp3) is 0.893. The van der Waals surface area contributed by atoms with E-state index in [1.807, 2.05) is 0 Å². The number of allylic oxidation sites excluding steroid dienone is 4. The van der Waals surface area contributed by atoms with E-state index in [1.54, 1.807) is 0 Å². The molecule has 19 heteroatoms. The fourth-order valence-electron chi connectivity index (χ4n) is 10.9. The number of unbranched alkanes of at least 4 members (excludes halogenated alkanes) is 38. The summed E-state index contributed by atoms with van der Waals surface area (Å²) in [4.78, 5) is 72.7. The van der Waals surface area contributed by atoms with Crippen molar-refractivity contribution in [1.29, 1.82) is 0 Å². The molecule has 0 aliphatic carbocycles. The molecule has 0 aliphatic heterocycles. The van der Waals surface area contributed by atoms with Gasteiger partial charge < -0.3 is 33.8 Å². The number of phosphoric acid groups is 2. The SMILES string of the molecule is CCCCCC/C=C\C=C/CCCCCCCC(=O)OC[C@H](COP(=O)(O)OC[C@@H](O)COP(=O)(O)OC[C@@H](COC(=O)CCCCCCCCCCCCC)OC(=O)CCCCCCCCCCC(C)CC)OC(=O)CCCCCCCCCCCCCCCC(C)C. The van der Waals surface area contributed by atoms with Gasteiger partial charge in [-0.25, -0.2) is 9.13 Å². The zero-order valence-corrected chi connectivity index (χ0v) is 62.5. The summed E-state index contributed by atoms with van der Waals surface area (Å²) in [5.74, 6) is -0.596. The fourth-order valence-corrected chi connectivity index (χ4v) is 12.5. The van der Waals surface area contributed by atoms with E-state index < -0.39 is 97.5 Å². The van der Waals surface area contributed by atoms with Crippen LogP contribution in [0.15, 0.2) is 24.3 Å². The Hall–Kier alpha value is -2.46. The monoisotopic (exact) mass is 1380 g/mol. The van der Waals surface area contributed by atoms with Crippen LogP contribution in [0.1, 0.15) is 363 Å². The summed E-state index contributed by atoms with van der Waals surface area (Å²) in [6.07, 6.45) is 56.1. The van der Waals surface area contributed by atoms with Crippen molar-refractivity contribution in [2.24, 2.45) is 11.8 Å². The molecule has 0 saturated heterocycles. The summed E-state index contributed by atoms with van der Waals surface area (Å²) in [6, 6.07) is 0. The third-order valence-corrected chi connectivity index (χ3v) is 19.1. The summed E-state index contributed by atoms with van der Waals surface area (Å²) in [6.45, 7) is 9.53. The zero-order valence-electron chi connectivity index (χ0n) is 60.7. The number of aliphatic hydroxyl groups is 1. The van der Waals surface area contributed by atoms with E-state index in [9.17, 15) is 43.2 Å². The summed E-state index contributed by atoms with van der Waals surface area (Å²) in [5.41, 5.74) is 0. The standard InChI is InChI=1S/C75H142O17P2/c1-7-10-12-14-16-18-20-21-22-25-29-33-40-46-52-58-73(78)86-63-70(91-74(79)59-53-47-41-34-30-26-23-24-28-31-37-43-49-55-67(4)5)65-89-93(81,82)87-61-69(76)62-88-94(83,84)90-66-71(64-85-72(77)57-51-45-39-32-27-19-17-15-13-11-8-2)92-75(80)60-54-48-42-36-35-38-44-50-56-68(6)9-3/h18,20-22,67-71,76H,7-17,19,23-66H2,1-6H3,(H,81,82)(H,83,84)/b20-18-,22-21-/t68?,69-,70-,71-/m1/s1. The minimum atomic E-state index is -4.96. The second-order valence-electron chi connectivity index (χ2n) is 27.1. The Kier molecular flexibility index (Phi) is 64.7. The zero-order chi connectivity index (χ0) is 69.3. The molecule has 554 valence electrons. The maximum atomic E-state index is 13.1. The van der Waals surface area contributed by atoms with Crippen LogP contribution >= 0.6 is 15.6 Å². The van der Waals surface area contributed by atoms with Gasteiger partial charge in [0.25, 0.3) is 0 Å². The van der Waals surface area contributed by atoms with E-state index >= 15 is 0 Å². The molecule has 0 spiro atoms. The van der Waals surface area contributed by atoms with Crippen LogP contribution in [0.5, 0.6) is 0 Å². The molecule has 0 amide bonds. The molecular weight excluding hydrogens is 1230 g/mol. The maximum absolute atomic E-state index is 13.1. The van der Waals surface area contributed by atoms with Gasteiger partial charge >= 0.3 is 39.5 Å². The largest absolute Gasteiger partial charge is 0.472 e. The Bertz CT molecular complexity index is 1920. The highest BCUT2D eigenvalue weighted by Gasteiger charge is 2.30. The average Bonchev–Trinajstić information content (AvgIpc) is 3.25. The molecule has 0 heterocycles. The van der Waals surface area contributed by atoms with Crippen molar-refractivity contribution >= 4 is 39.5 Å². The first-order valence-corrected chi connectivity index (χ1v) is 41.3. The van der Waals surface area contributed by atoms with E-state index in [1.165, 1.54) is 161 Å². The number of carbonyl (C=O) groups is 4. The Balaban J connectivity index is 5.30. The third kappa shape index (κ3) is 66.8. The highest BCUT2D eigenvalue weighted by atomic mass is 31.2. The first-order valence-electron chi connectivity index (χ1n) is 38.3. The number of hydrogen-bond donors (Lipinski definition) is 3. The van der Waals surface area contributed by atoms with Gasteiger partial charge in [-0.1, -0.05) is 310 Å². The second-order valence-corrected chi connectivity index (χ2v) is 30.0. The molecule has 3 unspecified atom stereocenters. The van der Waals surface area contributed by atoms with Crippen molar-refractivity contribution in [1.82, 2.24) is 0 Å². The van der Waals surface area contributed by atoms with Crippen molar-refractivity contribution in [2.75, 3.05) is 39.6 Å². The van der Waals surface area contributed by atoms with Crippen LogP contribution < -0.4 is 0 Å². The lowest BCUT2D eigenvalue weighted by molar-refractivity contribution is -0.161. The number of hydrogen-bond acceptors (Lipinski definition) is 15. The van der Waals surface area contributed by atoms with E-state index in [2.05, 4.69) is 65.8 Å². The number of carbonyl (C=O) groups excluding carboxylic acids is 4. The minimum Gasteiger partial charge on any atom is -0.462 e. The summed E-state index contributed by atoms with van der Waals surface area (Å²) in [7, 11) is -9.92. The molecule has 0 fully saturated rings. The normalized spacial score (nSPS) is 14.5. The molecule has 0 rings (SSSR count). The third-order valence-electron chi connectivity index (χ3n) is 17.2. The van der Waals surface area contributed by atoms with Gasteiger partial charge in [0.2, 0.25) is 0 Å². The number of esters is 4. The van der Waals surface area contributed by atoms with Gasteiger partial charge in [0.15, 0.2) is 12.2 Å². The van der Waals surface area contributed by atoms with E-state index in [-0.39, 0.29) is 25.7 Å². The molecular formula is C75H142O17P2. The van der Waals surface area contributed by atoms with E-state index in [4.69, 9.17) is 37.0 Å². The summed E-state index contributed by atoms with van der Waals surface area (Å²) >= 11 is 0. The number of phosphoric ester groups is 2. The van der Waals surface area contributed by atoms with Crippen LogP contribution in [0, 0.1) is 11.8 Å².